The van der Waals surface area contributed by atoms with Crippen molar-refractivity contribution in [2.75, 3.05) is 11.9 Å². The summed E-state index contributed by atoms with van der Waals surface area (Å²) in [7, 11) is 0. The number of hydrogen-bond acceptors (Lipinski definition) is 3. The standard InChI is InChI=1S/C17H17FN2O2/c1-12(21)14-3-2-4-16(9-14)20-17(22)11-19-10-13-5-7-15(18)8-6-13/h2-9,19H,10-11H2,1H3,(H,20,22). The minimum Gasteiger partial charge on any atom is -0.325 e. The highest BCUT2D eigenvalue weighted by Gasteiger charge is 2.04. The van der Waals surface area contributed by atoms with Crippen molar-refractivity contribution >= 4 is 17.4 Å². The summed E-state index contributed by atoms with van der Waals surface area (Å²) in [4.78, 5) is 23.1. The molecular weight excluding hydrogens is 283 g/mol. The smallest absolute Gasteiger partial charge is 0.238 e. The number of amides is 1. The van der Waals surface area contributed by atoms with E-state index in [0.29, 0.717) is 17.8 Å². The third kappa shape index (κ3) is 4.79. The van der Waals surface area contributed by atoms with Crippen LogP contribution in [0.2, 0.25) is 0 Å². The van der Waals surface area contributed by atoms with Gasteiger partial charge in [-0.15, -0.1) is 0 Å². The zero-order chi connectivity index (χ0) is 15.9. The third-order valence-corrected chi connectivity index (χ3v) is 3.08. The van der Waals surface area contributed by atoms with E-state index in [0.717, 1.165) is 5.56 Å². The molecule has 0 radical (unpaired) electrons. The first kappa shape index (κ1) is 15.9. The van der Waals surface area contributed by atoms with Crippen LogP contribution < -0.4 is 10.6 Å². The largest absolute Gasteiger partial charge is 0.325 e. The van der Waals surface area contributed by atoms with Crippen molar-refractivity contribution in [3.05, 3.63) is 65.5 Å². The van der Waals surface area contributed by atoms with E-state index in [4.69, 9.17) is 0 Å². The number of carbonyl (C=O) groups is 2. The van der Waals surface area contributed by atoms with Crippen molar-refractivity contribution in [2.45, 2.75) is 13.5 Å². The molecule has 0 aromatic heterocycles. The Kier molecular flexibility index (Phi) is 5.38. The lowest BCUT2D eigenvalue weighted by Crippen LogP contribution is -2.27. The highest BCUT2D eigenvalue weighted by Crippen LogP contribution is 2.11. The lowest BCUT2D eigenvalue weighted by Gasteiger charge is -2.08. The second kappa shape index (κ2) is 7.47. The van der Waals surface area contributed by atoms with Crippen molar-refractivity contribution in [1.82, 2.24) is 5.32 Å². The van der Waals surface area contributed by atoms with Gasteiger partial charge in [-0.05, 0) is 36.8 Å². The molecule has 114 valence electrons. The SMILES string of the molecule is CC(=O)c1cccc(NC(=O)CNCc2ccc(F)cc2)c1. The fourth-order valence-electron chi connectivity index (χ4n) is 1.94. The quantitative estimate of drug-likeness (QED) is 0.807. The number of benzene rings is 2. The Bertz CT molecular complexity index is 669. The average Bonchev–Trinajstić information content (AvgIpc) is 2.49. The van der Waals surface area contributed by atoms with Crippen LogP contribution in [0.1, 0.15) is 22.8 Å². The zero-order valence-electron chi connectivity index (χ0n) is 12.2. The molecular formula is C17H17FN2O2. The lowest BCUT2D eigenvalue weighted by atomic mass is 10.1. The molecule has 2 aromatic rings. The van der Waals surface area contributed by atoms with Gasteiger partial charge in [0.05, 0.1) is 6.54 Å². The van der Waals surface area contributed by atoms with Crippen molar-refractivity contribution < 1.29 is 14.0 Å². The summed E-state index contributed by atoms with van der Waals surface area (Å²) in [5.41, 5.74) is 2.03. The topological polar surface area (TPSA) is 58.2 Å². The number of halogens is 1. The summed E-state index contributed by atoms with van der Waals surface area (Å²) in [6.45, 7) is 2.08. The number of Topliss-reactive ketones (excluding diaryl/α,β-unsaturated/α-hetero) is 1. The summed E-state index contributed by atoms with van der Waals surface area (Å²) in [6, 6.07) is 12.9. The molecule has 0 aliphatic rings. The van der Waals surface area contributed by atoms with Gasteiger partial charge in [-0.25, -0.2) is 4.39 Å². The van der Waals surface area contributed by atoms with E-state index in [1.165, 1.54) is 19.1 Å². The molecule has 0 bridgehead atoms. The van der Waals surface area contributed by atoms with Gasteiger partial charge < -0.3 is 10.6 Å². The molecule has 0 spiro atoms. The highest BCUT2D eigenvalue weighted by atomic mass is 19.1. The van der Waals surface area contributed by atoms with Gasteiger partial charge in [0.25, 0.3) is 0 Å². The van der Waals surface area contributed by atoms with E-state index in [1.807, 2.05) is 0 Å². The number of hydrogen-bond donors (Lipinski definition) is 2. The molecule has 2 rings (SSSR count). The lowest BCUT2D eigenvalue weighted by molar-refractivity contribution is -0.115. The predicted molar refractivity (Wildman–Crippen MR) is 83.2 cm³/mol. The number of nitrogens with one attached hydrogen (secondary N) is 2. The molecule has 2 N–H and O–H groups in total. The van der Waals surface area contributed by atoms with Crippen molar-refractivity contribution in [3.63, 3.8) is 0 Å². The minimum absolute atomic E-state index is 0.0504. The van der Waals surface area contributed by atoms with E-state index in [1.54, 1.807) is 36.4 Å². The number of rotatable bonds is 6. The van der Waals surface area contributed by atoms with Gasteiger partial charge in [-0.1, -0.05) is 24.3 Å². The average molecular weight is 300 g/mol. The Balaban J connectivity index is 1.81. The summed E-state index contributed by atoms with van der Waals surface area (Å²) in [5, 5.41) is 5.70. The van der Waals surface area contributed by atoms with Gasteiger partial charge in [0.15, 0.2) is 5.78 Å². The molecule has 1 amide bonds. The van der Waals surface area contributed by atoms with Gasteiger partial charge in [-0.2, -0.15) is 0 Å². The second-order valence-corrected chi connectivity index (χ2v) is 4.92. The highest BCUT2D eigenvalue weighted by molar-refractivity contribution is 5.97. The van der Waals surface area contributed by atoms with Crippen LogP contribution in [-0.2, 0) is 11.3 Å². The van der Waals surface area contributed by atoms with E-state index in [9.17, 15) is 14.0 Å². The fraction of sp³-hybridized carbons (Fsp3) is 0.176. The van der Waals surface area contributed by atoms with Crippen molar-refractivity contribution in [3.8, 4) is 0 Å². The monoisotopic (exact) mass is 300 g/mol. The molecule has 0 heterocycles. The van der Waals surface area contributed by atoms with Gasteiger partial charge in [0.2, 0.25) is 5.91 Å². The minimum atomic E-state index is -0.285. The normalized spacial score (nSPS) is 10.3. The Labute approximate surface area is 128 Å². The maximum atomic E-state index is 12.8. The van der Waals surface area contributed by atoms with E-state index >= 15 is 0 Å². The Morgan fingerprint density at radius 3 is 2.50 bits per heavy atom. The van der Waals surface area contributed by atoms with Gasteiger partial charge in [0.1, 0.15) is 5.82 Å². The zero-order valence-corrected chi connectivity index (χ0v) is 12.2. The van der Waals surface area contributed by atoms with Crippen LogP contribution in [0.15, 0.2) is 48.5 Å². The molecule has 4 nitrogen and oxygen atoms in total. The van der Waals surface area contributed by atoms with E-state index < -0.39 is 0 Å². The molecule has 5 heteroatoms. The van der Waals surface area contributed by atoms with Crippen LogP contribution in [0.3, 0.4) is 0 Å². The summed E-state index contributed by atoms with van der Waals surface area (Å²) in [5.74, 6) is -0.541. The molecule has 0 aliphatic heterocycles. The maximum Gasteiger partial charge on any atom is 0.238 e. The predicted octanol–water partition coefficient (Wildman–Crippen LogP) is 2.76. The molecule has 0 saturated heterocycles. The summed E-state index contributed by atoms with van der Waals surface area (Å²) >= 11 is 0. The van der Waals surface area contributed by atoms with E-state index in [2.05, 4.69) is 10.6 Å². The molecule has 0 aliphatic carbocycles. The Hall–Kier alpha value is -2.53. The van der Waals surface area contributed by atoms with Crippen LogP contribution in [0.4, 0.5) is 10.1 Å². The summed E-state index contributed by atoms with van der Waals surface area (Å²) < 4.78 is 12.8. The number of ketones is 1. The van der Waals surface area contributed by atoms with Gasteiger partial charge in [-0.3, -0.25) is 9.59 Å². The van der Waals surface area contributed by atoms with Crippen LogP contribution in [0.5, 0.6) is 0 Å². The molecule has 2 aromatic carbocycles. The fourth-order valence-corrected chi connectivity index (χ4v) is 1.94. The number of anilines is 1. The van der Waals surface area contributed by atoms with Crippen molar-refractivity contribution in [2.24, 2.45) is 0 Å². The van der Waals surface area contributed by atoms with E-state index in [-0.39, 0.29) is 24.1 Å². The molecule has 0 saturated carbocycles. The van der Waals surface area contributed by atoms with Crippen molar-refractivity contribution in [1.29, 1.82) is 0 Å². The van der Waals surface area contributed by atoms with Crippen LogP contribution >= 0.6 is 0 Å². The van der Waals surface area contributed by atoms with Crippen LogP contribution in [0.25, 0.3) is 0 Å². The first-order valence-electron chi connectivity index (χ1n) is 6.90. The second-order valence-electron chi connectivity index (χ2n) is 4.92. The molecule has 0 unspecified atom stereocenters. The first-order valence-corrected chi connectivity index (χ1v) is 6.90. The summed E-state index contributed by atoms with van der Waals surface area (Å²) in [6.07, 6.45) is 0. The van der Waals surface area contributed by atoms with Gasteiger partial charge >= 0.3 is 0 Å². The van der Waals surface area contributed by atoms with Crippen LogP contribution in [0, 0.1) is 5.82 Å². The van der Waals surface area contributed by atoms with Gasteiger partial charge in [0, 0.05) is 17.8 Å². The third-order valence-electron chi connectivity index (χ3n) is 3.08. The molecule has 0 fully saturated rings. The van der Waals surface area contributed by atoms with Crippen LogP contribution in [-0.4, -0.2) is 18.2 Å². The first-order chi connectivity index (χ1) is 10.5. The maximum absolute atomic E-state index is 12.8. The molecule has 22 heavy (non-hydrogen) atoms. The number of carbonyl (C=O) groups excluding carboxylic acids is 2. The molecule has 0 atom stereocenters. The Morgan fingerprint density at radius 1 is 1.09 bits per heavy atom. The Morgan fingerprint density at radius 2 is 1.82 bits per heavy atom.